The maximum absolute atomic E-state index is 12.9. The van der Waals surface area contributed by atoms with E-state index in [9.17, 15) is 21.6 Å². The number of sulfonamides is 1. The van der Waals surface area contributed by atoms with Gasteiger partial charge in [-0.05, 0) is 25.1 Å². The van der Waals surface area contributed by atoms with Crippen LogP contribution in [-0.2, 0) is 22.7 Å². The molecule has 0 saturated heterocycles. The van der Waals surface area contributed by atoms with Crippen molar-refractivity contribution >= 4 is 21.6 Å². The lowest BCUT2D eigenvalue weighted by Crippen LogP contribution is -2.26. The van der Waals surface area contributed by atoms with Crippen molar-refractivity contribution in [3.63, 3.8) is 0 Å². The van der Waals surface area contributed by atoms with Gasteiger partial charge in [-0.15, -0.1) is 0 Å². The third-order valence-corrected chi connectivity index (χ3v) is 5.14. The highest BCUT2D eigenvalue weighted by atomic mass is 35.5. The van der Waals surface area contributed by atoms with Crippen LogP contribution in [0, 0.1) is 6.92 Å². The number of halogens is 4. The Kier molecular flexibility index (Phi) is 4.74. The Morgan fingerprint density at radius 1 is 1.30 bits per heavy atom. The molecule has 1 aromatic heterocycles. The lowest BCUT2D eigenvalue weighted by Gasteiger charge is -2.17. The fraction of sp³-hybridized carbons (Fsp3) is 0.308. The molecule has 1 aromatic carbocycles. The zero-order chi connectivity index (χ0) is 17.4. The molecule has 0 spiro atoms. The van der Waals surface area contributed by atoms with Gasteiger partial charge in [0.15, 0.2) is 5.76 Å². The molecule has 2 aromatic rings. The number of benzene rings is 1. The van der Waals surface area contributed by atoms with Crippen molar-refractivity contribution in [2.24, 2.45) is 0 Å². The number of aryl methyl sites for hydroxylation is 1. The molecule has 1 heterocycles. The number of hydrogen-bond donors (Lipinski definition) is 0. The lowest BCUT2D eigenvalue weighted by atomic mass is 10.2. The molecule has 0 amide bonds. The van der Waals surface area contributed by atoms with Gasteiger partial charge in [-0.1, -0.05) is 16.8 Å². The molecule has 0 aliphatic heterocycles. The first-order valence-corrected chi connectivity index (χ1v) is 8.09. The molecule has 2 rings (SSSR count). The van der Waals surface area contributed by atoms with E-state index >= 15 is 0 Å². The molecule has 0 aliphatic rings. The number of alkyl halides is 3. The van der Waals surface area contributed by atoms with Gasteiger partial charge in [0.05, 0.1) is 27.7 Å². The molecular formula is C13H12ClF3N2O3S. The summed E-state index contributed by atoms with van der Waals surface area (Å²) < 4.78 is 69.1. The molecule has 0 saturated carbocycles. The summed E-state index contributed by atoms with van der Waals surface area (Å²) in [6.07, 6.45) is -4.75. The van der Waals surface area contributed by atoms with E-state index in [1.54, 1.807) is 6.92 Å². The van der Waals surface area contributed by atoms with Crippen LogP contribution in [0.4, 0.5) is 13.2 Å². The van der Waals surface area contributed by atoms with Crippen molar-refractivity contribution in [1.29, 1.82) is 0 Å². The first-order valence-electron chi connectivity index (χ1n) is 6.27. The molecule has 23 heavy (non-hydrogen) atoms. The maximum Gasteiger partial charge on any atom is 0.417 e. The lowest BCUT2D eigenvalue weighted by molar-refractivity contribution is -0.137. The number of nitrogens with zero attached hydrogens (tertiary/aromatic N) is 2. The fourth-order valence-electron chi connectivity index (χ4n) is 1.86. The van der Waals surface area contributed by atoms with E-state index in [1.165, 1.54) is 13.1 Å². The average Bonchev–Trinajstić information content (AvgIpc) is 2.83. The standard InChI is InChI=1S/C13H12ClF3N2O3S/c1-8-5-9(22-18-8)7-19(2)23(20,21)10-3-4-12(14)11(6-10)13(15,16)17/h3-6H,7H2,1-2H3. The highest BCUT2D eigenvalue weighted by Crippen LogP contribution is 2.36. The van der Waals surface area contributed by atoms with Crippen LogP contribution in [0.25, 0.3) is 0 Å². The van der Waals surface area contributed by atoms with E-state index in [4.69, 9.17) is 16.1 Å². The molecule has 0 unspecified atom stereocenters. The van der Waals surface area contributed by atoms with E-state index in [0.29, 0.717) is 11.8 Å². The molecule has 0 aliphatic carbocycles. The molecule has 126 valence electrons. The summed E-state index contributed by atoms with van der Waals surface area (Å²) in [5.41, 5.74) is -0.638. The van der Waals surface area contributed by atoms with E-state index in [0.717, 1.165) is 16.4 Å². The van der Waals surface area contributed by atoms with Gasteiger partial charge < -0.3 is 4.52 Å². The Morgan fingerprint density at radius 2 is 1.96 bits per heavy atom. The monoisotopic (exact) mass is 368 g/mol. The summed E-state index contributed by atoms with van der Waals surface area (Å²) in [5.74, 6) is 0.276. The molecule has 0 fully saturated rings. The summed E-state index contributed by atoms with van der Waals surface area (Å²) in [7, 11) is -2.91. The molecule has 10 heteroatoms. The summed E-state index contributed by atoms with van der Waals surface area (Å²) in [4.78, 5) is -0.507. The second-order valence-corrected chi connectivity index (χ2v) is 7.29. The second-order valence-electron chi connectivity index (χ2n) is 4.84. The fourth-order valence-corrected chi connectivity index (χ4v) is 3.25. The Morgan fingerprint density at radius 3 is 2.48 bits per heavy atom. The van der Waals surface area contributed by atoms with Crippen LogP contribution in [0.2, 0.25) is 5.02 Å². The van der Waals surface area contributed by atoms with Gasteiger partial charge in [-0.2, -0.15) is 17.5 Å². The predicted octanol–water partition coefficient (Wildman–Crippen LogP) is 3.48. The van der Waals surface area contributed by atoms with Gasteiger partial charge in [0.1, 0.15) is 0 Å². The zero-order valence-electron chi connectivity index (χ0n) is 12.1. The minimum Gasteiger partial charge on any atom is -0.360 e. The van der Waals surface area contributed by atoms with Gasteiger partial charge in [0.2, 0.25) is 10.0 Å². The second kappa shape index (κ2) is 6.14. The topological polar surface area (TPSA) is 63.4 Å². The molecule has 0 N–H and O–H groups in total. The molecule has 0 atom stereocenters. The van der Waals surface area contributed by atoms with Crippen molar-refractivity contribution in [3.8, 4) is 0 Å². The third kappa shape index (κ3) is 3.85. The highest BCUT2D eigenvalue weighted by molar-refractivity contribution is 7.89. The van der Waals surface area contributed by atoms with Crippen molar-refractivity contribution in [2.45, 2.75) is 24.5 Å². The van der Waals surface area contributed by atoms with E-state index in [-0.39, 0.29) is 12.3 Å². The van der Waals surface area contributed by atoms with Gasteiger partial charge in [-0.25, -0.2) is 8.42 Å². The minimum absolute atomic E-state index is 0.160. The van der Waals surface area contributed by atoms with Gasteiger partial charge in [0.25, 0.3) is 0 Å². The van der Waals surface area contributed by atoms with Crippen LogP contribution in [0.3, 0.4) is 0 Å². The van der Waals surface area contributed by atoms with Crippen LogP contribution >= 0.6 is 11.6 Å². The highest BCUT2D eigenvalue weighted by Gasteiger charge is 2.35. The van der Waals surface area contributed by atoms with Crippen LogP contribution in [0.15, 0.2) is 33.7 Å². The quantitative estimate of drug-likeness (QED) is 0.828. The molecule has 0 radical (unpaired) electrons. The van der Waals surface area contributed by atoms with Crippen molar-refractivity contribution in [2.75, 3.05) is 7.05 Å². The number of hydrogen-bond acceptors (Lipinski definition) is 4. The first kappa shape index (κ1) is 17.8. The van der Waals surface area contributed by atoms with E-state index < -0.39 is 31.7 Å². The first-order chi connectivity index (χ1) is 10.5. The smallest absolute Gasteiger partial charge is 0.360 e. The normalized spacial score (nSPS) is 12.8. The predicted molar refractivity (Wildman–Crippen MR) is 76.3 cm³/mol. The van der Waals surface area contributed by atoms with Crippen LogP contribution in [0.1, 0.15) is 17.0 Å². The minimum atomic E-state index is -4.75. The SMILES string of the molecule is Cc1cc(CN(C)S(=O)(=O)c2ccc(Cl)c(C(F)(F)F)c2)on1. The van der Waals surface area contributed by atoms with Crippen LogP contribution in [0.5, 0.6) is 0 Å². The molecule has 0 bridgehead atoms. The number of rotatable bonds is 4. The summed E-state index contributed by atoms with van der Waals surface area (Å²) >= 11 is 5.49. The zero-order valence-corrected chi connectivity index (χ0v) is 13.6. The van der Waals surface area contributed by atoms with E-state index in [2.05, 4.69) is 5.16 Å². The van der Waals surface area contributed by atoms with Gasteiger partial charge >= 0.3 is 6.18 Å². The average molecular weight is 369 g/mol. The summed E-state index contributed by atoms with van der Waals surface area (Å²) in [6.45, 7) is 1.50. The third-order valence-electron chi connectivity index (χ3n) is 3.01. The van der Waals surface area contributed by atoms with Crippen LogP contribution < -0.4 is 0 Å². The van der Waals surface area contributed by atoms with Crippen LogP contribution in [-0.4, -0.2) is 24.9 Å². The Hall–Kier alpha value is -1.58. The largest absolute Gasteiger partial charge is 0.417 e. The Bertz CT molecular complexity index is 818. The Balaban J connectivity index is 2.35. The summed E-state index contributed by atoms with van der Waals surface area (Å²) in [5, 5.41) is 3.05. The van der Waals surface area contributed by atoms with Crippen molar-refractivity contribution < 1.29 is 26.1 Å². The van der Waals surface area contributed by atoms with Gasteiger partial charge in [0, 0.05) is 13.1 Å². The maximum atomic E-state index is 12.9. The summed E-state index contributed by atoms with van der Waals surface area (Å²) in [6, 6.07) is 3.98. The molecular weight excluding hydrogens is 357 g/mol. The van der Waals surface area contributed by atoms with E-state index in [1.807, 2.05) is 0 Å². The molecule has 5 nitrogen and oxygen atoms in total. The van der Waals surface area contributed by atoms with Gasteiger partial charge in [-0.3, -0.25) is 0 Å². The van der Waals surface area contributed by atoms with Crippen molar-refractivity contribution in [1.82, 2.24) is 9.46 Å². The van der Waals surface area contributed by atoms with Crippen molar-refractivity contribution in [3.05, 3.63) is 46.3 Å². The number of aromatic nitrogens is 1. The Labute approximate surface area is 135 Å².